The number of halogens is 2. The molecule has 1 aromatic heterocycles. The summed E-state index contributed by atoms with van der Waals surface area (Å²) in [4.78, 5) is 4.37. The van der Waals surface area contributed by atoms with Crippen LogP contribution in [0.1, 0.15) is 25.3 Å². The van der Waals surface area contributed by atoms with Crippen LogP contribution in [0.2, 0.25) is 0 Å². The summed E-state index contributed by atoms with van der Waals surface area (Å²) < 4.78 is 2.07. The van der Waals surface area contributed by atoms with Crippen molar-refractivity contribution >= 4 is 42.8 Å². The average molecular weight is 329 g/mol. The molecule has 1 heterocycles. The fourth-order valence-corrected chi connectivity index (χ4v) is 2.25. The summed E-state index contributed by atoms with van der Waals surface area (Å²) >= 11 is 7.05. The molecule has 0 fully saturated rings. The number of rotatable bonds is 1. The smallest absolute Gasteiger partial charge is 0.0714 e. The molecule has 0 N–H and O–H groups in total. The van der Waals surface area contributed by atoms with Gasteiger partial charge in [0.15, 0.2) is 0 Å². The molecule has 3 heteroatoms. The van der Waals surface area contributed by atoms with Gasteiger partial charge in [0.2, 0.25) is 0 Å². The van der Waals surface area contributed by atoms with Crippen LogP contribution in [0.4, 0.5) is 0 Å². The minimum atomic E-state index is 0.542. The van der Waals surface area contributed by atoms with Crippen LogP contribution >= 0.6 is 31.9 Å². The molecule has 0 aliphatic carbocycles. The van der Waals surface area contributed by atoms with Crippen LogP contribution < -0.4 is 0 Å². The Balaban J connectivity index is 2.73. The number of hydrogen-bond donors (Lipinski definition) is 0. The van der Waals surface area contributed by atoms with E-state index in [-0.39, 0.29) is 0 Å². The maximum absolute atomic E-state index is 4.37. The van der Waals surface area contributed by atoms with E-state index in [1.807, 2.05) is 6.20 Å². The van der Waals surface area contributed by atoms with Gasteiger partial charge < -0.3 is 0 Å². The highest BCUT2D eigenvalue weighted by atomic mass is 79.9. The van der Waals surface area contributed by atoms with Crippen molar-refractivity contribution in [1.82, 2.24) is 4.98 Å². The van der Waals surface area contributed by atoms with E-state index < -0.39 is 0 Å². The maximum Gasteiger partial charge on any atom is 0.0714 e. The summed E-state index contributed by atoms with van der Waals surface area (Å²) in [5, 5.41) is 1.16. The second-order valence-electron chi connectivity index (χ2n) is 3.85. The molecule has 0 aliphatic heterocycles. The van der Waals surface area contributed by atoms with E-state index in [9.17, 15) is 0 Å². The first-order valence-electron chi connectivity index (χ1n) is 4.83. The van der Waals surface area contributed by atoms with Crippen LogP contribution in [0.15, 0.2) is 33.3 Å². The molecule has 0 aliphatic rings. The third-order valence-corrected chi connectivity index (χ3v) is 4.44. The second kappa shape index (κ2) is 4.22. The third-order valence-electron chi connectivity index (χ3n) is 2.45. The zero-order valence-electron chi connectivity index (χ0n) is 8.59. The van der Waals surface area contributed by atoms with Crippen molar-refractivity contribution < 1.29 is 0 Å². The first kappa shape index (κ1) is 11.1. The van der Waals surface area contributed by atoms with Crippen molar-refractivity contribution in [3.05, 3.63) is 38.9 Å². The van der Waals surface area contributed by atoms with E-state index >= 15 is 0 Å². The van der Waals surface area contributed by atoms with Crippen LogP contribution in [-0.4, -0.2) is 4.98 Å². The van der Waals surface area contributed by atoms with Gasteiger partial charge in [0.05, 0.1) is 9.99 Å². The van der Waals surface area contributed by atoms with E-state index in [1.165, 1.54) is 5.56 Å². The predicted molar refractivity (Wildman–Crippen MR) is 71.2 cm³/mol. The van der Waals surface area contributed by atoms with Crippen LogP contribution in [-0.2, 0) is 0 Å². The molecule has 0 bridgehead atoms. The Morgan fingerprint density at radius 1 is 1.20 bits per heavy atom. The van der Waals surface area contributed by atoms with Gasteiger partial charge >= 0.3 is 0 Å². The third kappa shape index (κ3) is 2.08. The number of benzene rings is 1. The Hall–Kier alpha value is -0.410. The summed E-state index contributed by atoms with van der Waals surface area (Å²) in [5.74, 6) is 0.542. The van der Waals surface area contributed by atoms with Gasteiger partial charge in [-0.3, -0.25) is 4.98 Å². The van der Waals surface area contributed by atoms with Crippen molar-refractivity contribution in [2.24, 2.45) is 0 Å². The summed E-state index contributed by atoms with van der Waals surface area (Å²) in [5.41, 5.74) is 2.36. The van der Waals surface area contributed by atoms with Crippen LogP contribution in [0.25, 0.3) is 10.9 Å². The Labute approximate surface area is 106 Å². The lowest BCUT2D eigenvalue weighted by atomic mass is 10.0. The molecule has 2 aromatic rings. The first-order valence-corrected chi connectivity index (χ1v) is 6.42. The Kier molecular flexibility index (Phi) is 3.12. The molecular weight excluding hydrogens is 318 g/mol. The van der Waals surface area contributed by atoms with E-state index in [4.69, 9.17) is 0 Å². The highest BCUT2D eigenvalue weighted by molar-refractivity contribution is 9.13. The number of nitrogens with zero attached hydrogens (tertiary/aromatic N) is 1. The normalized spacial score (nSPS) is 11.3. The molecule has 0 unspecified atom stereocenters. The van der Waals surface area contributed by atoms with Crippen molar-refractivity contribution in [2.45, 2.75) is 19.8 Å². The SMILES string of the molecule is CC(C)c1ccc2ncc(Br)c(Br)c2c1. The number of aromatic nitrogens is 1. The fraction of sp³-hybridized carbons (Fsp3) is 0.250. The molecule has 78 valence electrons. The summed E-state index contributed by atoms with van der Waals surface area (Å²) in [6.07, 6.45) is 1.82. The zero-order valence-corrected chi connectivity index (χ0v) is 11.8. The van der Waals surface area contributed by atoms with Crippen LogP contribution in [0, 0.1) is 0 Å². The Morgan fingerprint density at radius 3 is 2.60 bits per heavy atom. The minimum Gasteiger partial charge on any atom is -0.255 e. The average Bonchev–Trinajstić information content (AvgIpc) is 2.23. The topological polar surface area (TPSA) is 12.9 Å². The van der Waals surface area contributed by atoms with Crippen LogP contribution in [0.5, 0.6) is 0 Å². The molecule has 1 nitrogen and oxygen atoms in total. The van der Waals surface area contributed by atoms with Crippen LogP contribution in [0.3, 0.4) is 0 Å². The monoisotopic (exact) mass is 327 g/mol. The molecule has 0 saturated heterocycles. The minimum absolute atomic E-state index is 0.542. The lowest BCUT2D eigenvalue weighted by molar-refractivity contribution is 0.868. The van der Waals surface area contributed by atoms with Gasteiger partial charge in [-0.1, -0.05) is 19.9 Å². The van der Waals surface area contributed by atoms with Crippen molar-refractivity contribution in [2.75, 3.05) is 0 Å². The van der Waals surface area contributed by atoms with E-state index in [0.29, 0.717) is 5.92 Å². The summed E-state index contributed by atoms with van der Waals surface area (Å²) in [6, 6.07) is 6.41. The molecular formula is C12H11Br2N. The molecule has 15 heavy (non-hydrogen) atoms. The van der Waals surface area contributed by atoms with Gasteiger partial charge in [-0.2, -0.15) is 0 Å². The molecule has 0 radical (unpaired) electrons. The molecule has 0 amide bonds. The summed E-state index contributed by atoms with van der Waals surface area (Å²) in [6.45, 7) is 4.39. The number of pyridine rings is 1. The molecule has 1 aromatic carbocycles. The zero-order chi connectivity index (χ0) is 11.0. The van der Waals surface area contributed by atoms with E-state index in [2.05, 4.69) is 68.9 Å². The second-order valence-corrected chi connectivity index (χ2v) is 5.50. The maximum atomic E-state index is 4.37. The molecule has 2 rings (SSSR count). The highest BCUT2D eigenvalue weighted by Crippen LogP contribution is 2.31. The van der Waals surface area contributed by atoms with E-state index in [1.54, 1.807) is 0 Å². The largest absolute Gasteiger partial charge is 0.255 e. The van der Waals surface area contributed by atoms with Gasteiger partial charge in [-0.25, -0.2) is 0 Å². The quantitative estimate of drug-likeness (QED) is 0.726. The van der Waals surface area contributed by atoms with E-state index in [0.717, 1.165) is 19.8 Å². The molecule has 0 atom stereocenters. The van der Waals surface area contributed by atoms with Gasteiger partial charge in [-0.15, -0.1) is 0 Å². The van der Waals surface area contributed by atoms with Gasteiger partial charge in [0, 0.05) is 16.1 Å². The predicted octanol–water partition coefficient (Wildman–Crippen LogP) is 4.88. The van der Waals surface area contributed by atoms with Crippen molar-refractivity contribution in [3.63, 3.8) is 0 Å². The standard InChI is InChI=1S/C12H11Br2N/c1-7(2)8-3-4-11-9(5-8)12(14)10(13)6-15-11/h3-7H,1-2H3. The highest BCUT2D eigenvalue weighted by Gasteiger charge is 2.06. The fourth-order valence-electron chi connectivity index (χ4n) is 1.51. The van der Waals surface area contributed by atoms with Gasteiger partial charge in [-0.05, 0) is 55.5 Å². The van der Waals surface area contributed by atoms with Crippen molar-refractivity contribution in [3.8, 4) is 0 Å². The van der Waals surface area contributed by atoms with Gasteiger partial charge in [0.1, 0.15) is 0 Å². The lowest BCUT2D eigenvalue weighted by Gasteiger charge is -2.08. The summed E-state index contributed by atoms with van der Waals surface area (Å²) in [7, 11) is 0. The van der Waals surface area contributed by atoms with Gasteiger partial charge in [0.25, 0.3) is 0 Å². The number of hydrogen-bond acceptors (Lipinski definition) is 1. The Morgan fingerprint density at radius 2 is 1.93 bits per heavy atom. The lowest BCUT2D eigenvalue weighted by Crippen LogP contribution is -1.89. The molecule has 0 saturated carbocycles. The number of fused-ring (bicyclic) bond motifs is 1. The Bertz CT molecular complexity index is 506. The van der Waals surface area contributed by atoms with Crippen molar-refractivity contribution in [1.29, 1.82) is 0 Å². The molecule has 0 spiro atoms. The first-order chi connectivity index (χ1) is 7.09.